The fourth-order valence-electron chi connectivity index (χ4n) is 1.80. The minimum atomic E-state index is -4.20. The molecule has 0 aromatic rings. The smallest absolute Gasteiger partial charge is 0.331 e. The van der Waals surface area contributed by atoms with Crippen molar-refractivity contribution in [2.75, 3.05) is 6.54 Å². The monoisotopic (exact) mass is 337 g/mol. The fraction of sp³-hybridized carbons (Fsp3) is 0.692. The Hall–Kier alpha value is -1.45. The zero-order valence-electron chi connectivity index (χ0n) is 12.5. The Balaban J connectivity index is 4.18. The molecule has 2 atom stereocenters. The molecule has 0 spiro atoms. The van der Waals surface area contributed by atoms with Crippen LogP contribution in [0.1, 0.15) is 39.0 Å². The van der Waals surface area contributed by atoms with Gasteiger partial charge >= 0.3 is 11.9 Å². The molecule has 8 nitrogen and oxygen atoms in total. The molecule has 0 aromatic heterocycles. The average Bonchev–Trinajstić information content (AvgIpc) is 2.39. The third-order valence-electron chi connectivity index (χ3n) is 2.95. The third kappa shape index (κ3) is 10.3. The molecule has 0 fully saturated rings. The summed E-state index contributed by atoms with van der Waals surface area (Å²) in [6.45, 7) is 5.05. The van der Waals surface area contributed by atoms with Crippen LogP contribution in [0.2, 0.25) is 0 Å². The average molecular weight is 337 g/mol. The summed E-state index contributed by atoms with van der Waals surface area (Å²) in [6, 6.07) is 0. The lowest BCUT2D eigenvalue weighted by Gasteiger charge is -2.17. The van der Waals surface area contributed by atoms with E-state index >= 15 is 0 Å². The van der Waals surface area contributed by atoms with Gasteiger partial charge in [0, 0.05) is 12.5 Å². The highest BCUT2D eigenvalue weighted by Crippen LogP contribution is 2.14. The summed E-state index contributed by atoms with van der Waals surface area (Å²) in [5.41, 5.74) is 0. The summed E-state index contributed by atoms with van der Waals surface area (Å²) in [7, 11) is -4.20. The normalized spacial score (nSPS) is 14.1. The van der Waals surface area contributed by atoms with E-state index in [9.17, 15) is 18.0 Å². The number of nitrogens with one attached hydrogen (secondary N) is 1. The van der Waals surface area contributed by atoms with E-state index in [4.69, 9.17) is 14.4 Å². The molecular formula is C13H23NO7S. The van der Waals surface area contributed by atoms with Crippen LogP contribution in [0.5, 0.6) is 0 Å². The summed E-state index contributed by atoms with van der Waals surface area (Å²) in [4.78, 5) is 21.3. The van der Waals surface area contributed by atoms with Gasteiger partial charge in [-0.1, -0.05) is 13.0 Å². The molecule has 0 radical (unpaired) electrons. The van der Waals surface area contributed by atoms with Gasteiger partial charge in [-0.25, -0.2) is 4.79 Å². The summed E-state index contributed by atoms with van der Waals surface area (Å²) >= 11 is 0. The van der Waals surface area contributed by atoms with Gasteiger partial charge in [0.1, 0.15) is 0 Å². The molecule has 0 aromatic carbocycles. The quantitative estimate of drug-likeness (QED) is 0.158. The molecule has 9 heteroatoms. The SMILES string of the molecule is C=CC(=O)OC(C)NCCC(CCCCC(=O)O)S(=O)(=O)O. The van der Waals surface area contributed by atoms with Crippen molar-refractivity contribution in [3.63, 3.8) is 0 Å². The standard InChI is InChI=1S/C13H23NO7S/c1-3-13(17)21-10(2)14-9-8-11(22(18,19)20)6-4-5-7-12(15)16/h3,10-11,14H,1,4-9H2,2H3,(H,15,16)(H,18,19,20). The molecule has 0 amide bonds. The second-order valence-corrected chi connectivity index (χ2v) is 6.50. The largest absolute Gasteiger partial charge is 0.481 e. The Morgan fingerprint density at radius 1 is 1.32 bits per heavy atom. The van der Waals surface area contributed by atoms with Crippen molar-refractivity contribution in [3.8, 4) is 0 Å². The summed E-state index contributed by atoms with van der Waals surface area (Å²) < 4.78 is 36.6. The van der Waals surface area contributed by atoms with E-state index in [0.717, 1.165) is 6.08 Å². The van der Waals surface area contributed by atoms with Crippen molar-refractivity contribution in [1.29, 1.82) is 0 Å². The molecular weight excluding hydrogens is 314 g/mol. The first-order chi connectivity index (χ1) is 10.2. The van der Waals surface area contributed by atoms with Crippen molar-refractivity contribution < 1.29 is 32.4 Å². The molecule has 0 rings (SSSR count). The zero-order chi connectivity index (χ0) is 17.2. The number of hydrogen-bond acceptors (Lipinski definition) is 6. The number of carboxylic acids is 1. The van der Waals surface area contributed by atoms with Gasteiger partial charge in [-0.3, -0.25) is 14.7 Å². The minimum absolute atomic E-state index is 0.0367. The number of aliphatic carboxylic acids is 1. The molecule has 0 heterocycles. The molecule has 0 aliphatic heterocycles. The maximum absolute atomic E-state index is 11.3. The number of hydrogen-bond donors (Lipinski definition) is 3. The van der Waals surface area contributed by atoms with Gasteiger partial charge < -0.3 is 9.84 Å². The zero-order valence-corrected chi connectivity index (χ0v) is 13.3. The van der Waals surface area contributed by atoms with E-state index in [1.54, 1.807) is 6.92 Å². The summed E-state index contributed by atoms with van der Waals surface area (Å²) in [6.07, 6.45) is 1.41. The van der Waals surface area contributed by atoms with Gasteiger partial charge in [-0.2, -0.15) is 8.42 Å². The Morgan fingerprint density at radius 2 is 1.95 bits per heavy atom. The number of carbonyl (C=O) groups is 2. The Bertz CT molecular complexity index is 475. The summed E-state index contributed by atoms with van der Waals surface area (Å²) in [5, 5.41) is 10.3. The van der Waals surface area contributed by atoms with Crippen molar-refractivity contribution >= 4 is 22.1 Å². The van der Waals surface area contributed by atoms with Crippen LogP contribution in [-0.4, -0.2) is 48.0 Å². The maximum atomic E-state index is 11.3. The van der Waals surface area contributed by atoms with Crippen molar-refractivity contribution in [3.05, 3.63) is 12.7 Å². The van der Waals surface area contributed by atoms with Gasteiger partial charge in [0.15, 0.2) is 6.23 Å². The van der Waals surface area contributed by atoms with Crippen LogP contribution in [0.15, 0.2) is 12.7 Å². The third-order valence-corrected chi connectivity index (χ3v) is 4.26. The van der Waals surface area contributed by atoms with E-state index in [-0.39, 0.29) is 25.8 Å². The molecule has 0 aliphatic rings. The van der Waals surface area contributed by atoms with Crippen LogP contribution >= 0.6 is 0 Å². The number of carbonyl (C=O) groups excluding carboxylic acids is 1. The van der Waals surface area contributed by atoms with E-state index in [2.05, 4.69) is 11.9 Å². The van der Waals surface area contributed by atoms with Gasteiger partial charge in [0.25, 0.3) is 10.1 Å². The van der Waals surface area contributed by atoms with E-state index in [0.29, 0.717) is 12.8 Å². The van der Waals surface area contributed by atoms with Crippen molar-refractivity contribution in [2.45, 2.75) is 50.5 Å². The fourth-order valence-corrected chi connectivity index (χ4v) is 2.68. The number of esters is 1. The van der Waals surface area contributed by atoms with Crippen molar-refractivity contribution in [1.82, 2.24) is 5.32 Å². The number of ether oxygens (including phenoxy) is 1. The lowest BCUT2D eigenvalue weighted by Crippen LogP contribution is -2.34. The predicted octanol–water partition coefficient (Wildman–Crippen LogP) is 0.943. The molecule has 2 unspecified atom stereocenters. The molecule has 0 saturated carbocycles. The van der Waals surface area contributed by atoms with Crippen LogP contribution in [0.4, 0.5) is 0 Å². The first-order valence-corrected chi connectivity index (χ1v) is 8.41. The topological polar surface area (TPSA) is 130 Å². The van der Waals surface area contributed by atoms with Crippen molar-refractivity contribution in [2.24, 2.45) is 0 Å². The van der Waals surface area contributed by atoms with E-state index in [1.807, 2.05) is 0 Å². The molecule has 3 N–H and O–H groups in total. The highest BCUT2D eigenvalue weighted by Gasteiger charge is 2.22. The number of rotatable bonds is 12. The second kappa shape index (κ2) is 10.3. The Morgan fingerprint density at radius 3 is 2.45 bits per heavy atom. The lowest BCUT2D eigenvalue weighted by atomic mass is 10.1. The Kier molecular flexibility index (Phi) is 9.63. The van der Waals surface area contributed by atoms with Crippen LogP contribution in [0, 0.1) is 0 Å². The van der Waals surface area contributed by atoms with Crippen LogP contribution in [0.25, 0.3) is 0 Å². The highest BCUT2D eigenvalue weighted by atomic mass is 32.2. The first-order valence-electron chi connectivity index (χ1n) is 6.91. The second-order valence-electron chi connectivity index (χ2n) is 4.80. The van der Waals surface area contributed by atoms with Gasteiger partial charge in [-0.15, -0.1) is 0 Å². The minimum Gasteiger partial charge on any atom is -0.481 e. The van der Waals surface area contributed by atoms with E-state index in [1.165, 1.54) is 0 Å². The van der Waals surface area contributed by atoms with Crippen LogP contribution in [0.3, 0.4) is 0 Å². The van der Waals surface area contributed by atoms with Crippen LogP contribution < -0.4 is 5.32 Å². The maximum Gasteiger partial charge on any atom is 0.331 e. The molecule has 128 valence electrons. The van der Waals surface area contributed by atoms with Gasteiger partial charge in [0.05, 0.1) is 5.25 Å². The first kappa shape index (κ1) is 20.6. The van der Waals surface area contributed by atoms with Gasteiger partial charge in [-0.05, 0) is 32.7 Å². The molecule has 0 bridgehead atoms. The lowest BCUT2D eigenvalue weighted by molar-refractivity contribution is -0.143. The number of carboxylic acid groups (broad SMARTS) is 1. The molecule has 0 aliphatic carbocycles. The van der Waals surface area contributed by atoms with Gasteiger partial charge in [0.2, 0.25) is 0 Å². The van der Waals surface area contributed by atoms with E-state index < -0.39 is 33.5 Å². The Labute approximate surface area is 130 Å². The highest BCUT2D eigenvalue weighted by molar-refractivity contribution is 7.86. The summed E-state index contributed by atoms with van der Waals surface area (Å²) in [5.74, 6) is -1.54. The molecule has 22 heavy (non-hydrogen) atoms. The number of unbranched alkanes of at least 4 members (excludes halogenated alkanes) is 1. The van der Waals surface area contributed by atoms with Crippen LogP contribution in [-0.2, 0) is 24.4 Å². The predicted molar refractivity (Wildman–Crippen MR) is 79.8 cm³/mol. The molecule has 0 saturated heterocycles.